The second-order valence-corrected chi connectivity index (χ2v) is 4.43. The van der Waals surface area contributed by atoms with E-state index in [0.717, 1.165) is 12.8 Å². The fraction of sp³-hybridized carbons (Fsp3) is 0.438. The van der Waals surface area contributed by atoms with E-state index in [0.29, 0.717) is 19.6 Å². The van der Waals surface area contributed by atoms with Crippen LogP contribution in [0.1, 0.15) is 35.2 Å². The average molecular weight is 293 g/mol. The number of hydrogen-bond donors (Lipinski definition) is 2. The molecule has 0 atom stereocenters. The maximum Gasteiger partial charge on any atom is 0.251 e. The number of nitrogens with one attached hydrogen (secondary N) is 1. The van der Waals surface area contributed by atoms with E-state index in [2.05, 4.69) is 17.2 Å². The quantitative estimate of drug-likeness (QED) is 0.594. The normalized spacial score (nSPS) is 9.86. The summed E-state index contributed by atoms with van der Waals surface area (Å²) in [5.74, 6) is 4.42. The number of halogens is 1. The number of methoxy groups -OCH3 is 1. The molecule has 0 saturated heterocycles. The molecule has 4 nitrogen and oxygen atoms in total. The van der Waals surface area contributed by atoms with Crippen LogP contribution in [0.25, 0.3) is 0 Å². The number of benzene rings is 1. The maximum atomic E-state index is 13.8. The lowest BCUT2D eigenvalue weighted by atomic mass is 10.1. The number of amides is 1. The zero-order valence-corrected chi connectivity index (χ0v) is 12.1. The van der Waals surface area contributed by atoms with E-state index in [4.69, 9.17) is 9.84 Å². The van der Waals surface area contributed by atoms with Crippen LogP contribution in [-0.4, -0.2) is 37.9 Å². The third kappa shape index (κ3) is 6.39. The molecule has 0 radical (unpaired) electrons. The van der Waals surface area contributed by atoms with Gasteiger partial charge in [0.15, 0.2) is 0 Å². The molecule has 0 spiro atoms. The average Bonchev–Trinajstić information content (AvgIpc) is 2.48. The minimum atomic E-state index is -0.535. The Morgan fingerprint density at radius 3 is 2.90 bits per heavy atom. The summed E-state index contributed by atoms with van der Waals surface area (Å²) in [5, 5.41) is 11.3. The molecule has 0 saturated carbocycles. The fourth-order valence-electron chi connectivity index (χ4n) is 1.65. The molecule has 0 aromatic heterocycles. The minimum Gasteiger partial charge on any atom is -0.395 e. The number of rotatable bonds is 7. The Morgan fingerprint density at radius 2 is 2.24 bits per heavy atom. The van der Waals surface area contributed by atoms with E-state index in [9.17, 15) is 9.18 Å². The van der Waals surface area contributed by atoms with E-state index in [1.54, 1.807) is 7.11 Å². The number of carbonyl (C=O) groups is 1. The summed E-state index contributed by atoms with van der Waals surface area (Å²) in [4.78, 5) is 11.8. The maximum absolute atomic E-state index is 13.8. The van der Waals surface area contributed by atoms with Crippen molar-refractivity contribution in [2.45, 2.75) is 19.3 Å². The molecule has 0 heterocycles. The van der Waals surface area contributed by atoms with Crippen molar-refractivity contribution in [1.82, 2.24) is 5.32 Å². The van der Waals surface area contributed by atoms with Crippen LogP contribution in [0.3, 0.4) is 0 Å². The number of ether oxygens (including phenoxy) is 1. The van der Waals surface area contributed by atoms with Gasteiger partial charge in [-0.2, -0.15) is 0 Å². The Balaban J connectivity index is 2.54. The van der Waals surface area contributed by atoms with Gasteiger partial charge in [-0.05, 0) is 31.0 Å². The number of aliphatic hydroxyl groups is 1. The summed E-state index contributed by atoms with van der Waals surface area (Å²) in [6.07, 6.45) is 1.97. The number of carbonyl (C=O) groups excluding carboxylic acids is 1. The molecular formula is C16H20FNO3. The van der Waals surface area contributed by atoms with Gasteiger partial charge < -0.3 is 15.2 Å². The topological polar surface area (TPSA) is 58.6 Å². The van der Waals surface area contributed by atoms with Crippen molar-refractivity contribution >= 4 is 5.91 Å². The fourth-order valence-corrected chi connectivity index (χ4v) is 1.65. The minimum absolute atomic E-state index is 0.0574. The molecule has 0 bridgehead atoms. The van der Waals surface area contributed by atoms with Gasteiger partial charge in [0, 0.05) is 32.2 Å². The number of aliphatic hydroxyl groups excluding tert-OH is 1. The van der Waals surface area contributed by atoms with Crippen molar-refractivity contribution in [2.75, 3.05) is 26.9 Å². The summed E-state index contributed by atoms with van der Waals surface area (Å²) in [6.45, 7) is 1.13. The second kappa shape index (κ2) is 9.92. The first-order valence-electron chi connectivity index (χ1n) is 6.85. The first-order valence-corrected chi connectivity index (χ1v) is 6.85. The van der Waals surface area contributed by atoms with Gasteiger partial charge in [0.25, 0.3) is 5.91 Å². The zero-order chi connectivity index (χ0) is 15.5. The van der Waals surface area contributed by atoms with Gasteiger partial charge in [-0.1, -0.05) is 11.8 Å². The van der Waals surface area contributed by atoms with Gasteiger partial charge in [-0.3, -0.25) is 4.79 Å². The molecule has 2 N–H and O–H groups in total. The van der Waals surface area contributed by atoms with Crippen LogP contribution >= 0.6 is 0 Å². The van der Waals surface area contributed by atoms with Crippen molar-refractivity contribution in [1.29, 1.82) is 0 Å². The molecular weight excluding hydrogens is 273 g/mol. The largest absolute Gasteiger partial charge is 0.395 e. The molecule has 1 aromatic carbocycles. The van der Waals surface area contributed by atoms with Crippen LogP contribution in [0.15, 0.2) is 18.2 Å². The Morgan fingerprint density at radius 1 is 1.43 bits per heavy atom. The highest BCUT2D eigenvalue weighted by Gasteiger charge is 2.08. The number of hydrogen-bond acceptors (Lipinski definition) is 3. The smallest absolute Gasteiger partial charge is 0.251 e. The molecule has 21 heavy (non-hydrogen) atoms. The lowest BCUT2D eigenvalue weighted by Gasteiger charge is -2.05. The summed E-state index contributed by atoms with van der Waals surface area (Å²) in [5.41, 5.74) is 0.493. The molecule has 0 unspecified atom stereocenters. The van der Waals surface area contributed by atoms with Gasteiger partial charge >= 0.3 is 0 Å². The molecule has 1 amide bonds. The molecule has 1 aromatic rings. The monoisotopic (exact) mass is 293 g/mol. The standard InChI is InChI=1S/C16H20FNO3/c1-21-11-5-3-9-18-16(20)14-8-7-13(15(17)12-14)6-2-4-10-19/h7-8,12,19H,3-5,9-11H2,1H3,(H,18,20). The van der Waals surface area contributed by atoms with Crippen molar-refractivity contribution in [2.24, 2.45) is 0 Å². The third-order valence-corrected chi connectivity index (χ3v) is 2.75. The van der Waals surface area contributed by atoms with Gasteiger partial charge in [0.05, 0.1) is 12.2 Å². The van der Waals surface area contributed by atoms with Crippen molar-refractivity contribution < 1.29 is 19.0 Å². The molecule has 0 aliphatic rings. The van der Waals surface area contributed by atoms with Crippen molar-refractivity contribution in [3.8, 4) is 11.8 Å². The van der Waals surface area contributed by atoms with Gasteiger partial charge in [0.1, 0.15) is 5.82 Å². The Bertz CT molecular complexity index is 520. The lowest BCUT2D eigenvalue weighted by Crippen LogP contribution is -2.24. The Hall–Kier alpha value is -1.90. The SMILES string of the molecule is COCCCCNC(=O)c1ccc(C#CCCO)c(F)c1. The molecule has 0 aliphatic heterocycles. The molecule has 0 fully saturated rings. The molecule has 0 aliphatic carbocycles. The van der Waals surface area contributed by atoms with E-state index < -0.39 is 5.82 Å². The third-order valence-electron chi connectivity index (χ3n) is 2.75. The lowest BCUT2D eigenvalue weighted by molar-refractivity contribution is 0.0951. The zero-order valence-electron chi connectivity index (χ0n) is 12.1. The van der Waals surface area contributed by atoms with Crippen LogP contribution in [0.4, 0.5) is 4.39 Å². The molecule has 1 rings (SSSR count). The first kappa shape index (κ1) is 17.2. The van der Waals surface area contributed by atoms with Crippen LogP contribution in [0, 0.1) is 17.7 Å². The highest BCUT2D eigenvalue weighted by molar-refractivity contribution is 5.94. The van der Waals surface area contributed by atoms with E-state index >= 15 is 0 Å². The van der Waals surface area contributed by atoms with E-state index in [1.807, 2.05) is 0 Å². The van der Waals surface area contributed by atoms with E-state index in [-0.39, 0.29) is 23.6 Å². The summed E-state index contributed by atoms with van der Waals surface area (Å²) in [7, 11) is 1.63. The molecule has 5 heteroatoms. The highest BCUT2D eigenvalue weighted by atomic mass is 19.1. The van der Waals surface area contributed by atoms with Gasteiger partial charge in [-0.25, -0.2) is 4.39 Å². The van der Waals surface area contributed by atoms with Crippen LogP contribution in [-0.2, 0) is 4.74 Å². The molecule has 114 valence electrons. The van der Waals surface area contributed by atoms with Gasteiger partial charge in [-0.15, -0.1) is 0 Å². The van der Waals surface area contributed by atoms with Crippen LogP contribution in [0.5, 0.6) is 0 Å². The summed E-state index contributed by atoms with van der Waals surface area (Å²) >= 11 is 0. The first-order chi connectivity index (χ1) is 10.2. The van der Waals surface area contributed by atoms with Crippen molar-refractivity contribution in [3.63, 3.8) is 0 Å². The van der Waals surface area contributed by atoms with Gasteiger partial charge in [0.2, 0.25) is 0 Å². The van der Waals surface area contributed by atoms with E-state index in [1.165, 1.54) is 18.2 Å². The van der Waals surface area contributed by atoms with Crippen LogP contribution in [0.2, 0.25) is 0 Å². The van der Waals surface area contributed by atoms with Crippen LogP contribution < -0.4 is 5.32 Å². The highest BCUT2D eigenvalue weighted by Crippen LogP contribution is 2.09. The second-order valence-electron chi connectivity index (χ2n) is 4.43. The summed E-state index contributed by atoms with van der Waals surface area (Å²) < 4.78 is 18.7. The van der Waals surface area contributed by atoms with Crippen molar-refractivity contribution in [3.05, 3.63) is 35.1 Å². The summed E-state index contributed by atoms with van der Waals surface area (Å²) in [6, 6.07) is 4.18. The number of unbranched alkanes of at least 4 members (excludes halogenated alkanes) is 1. The Labute approximate surface area is 124 Å². The predicted molar refractivity (Wildman–Crippen MR) is 78.4 cm³/mol. The predicted octanol–water partition coefficient (Wildman–Crippen LogP) is 1.72. The Kier molecular flexibility index (Phi) is 8.10.